The van der Waals surface area contributed by atoms with Gasteiger partial charge in [0.2, 0.25) is 0 Å². The first-order valence-corrected chi connectivity index (χ1v) is 6.71. The highest BCUT2D eigenvalue weighted by Crippen LogP contribution is 2.21. The van der Waals surface area contributed by atoms with Crippen LogP contribution in [0.2, 0.25) is 0 Å². The second-order valence-corrected chi connectivity index (χ2v) is 4.79. The van der Waals surface area contributed by atoms with Gasteiger partial charge in [0.1, 0.15) is 0 Å². The average Bonchev–Trinajstić information content (AvgIpc) is 2.41. The van der Waals surface area contributed by atoms with Crippen molar-refractivity contribution in [3.63, 3.8) is 0 Å². The van der Waals surface area contributed by atoms with Crippen LogP contribution in [-0.4, -0.2) is 36.0 Å². The number of amides is 1. The van der Waals surface area contributed by atoms with Gasteiger partial charge in [0.05, 0.1) is 6.61 Å². The van der Waals surface area contributed by atoms with Gasteiger partial charge in [0, 0.05) is 13.1 Å². The fourth-order valence-electron chi connectivity index (χ4n) is 2.07. The van der Waals surface area contributed by atoms with Crippen LogP contribution in [0.5, 0.6) is 0 Å². The Morgan fingerprint density at radius 1 is 1.42 bits per heavy atom. The lowest BCUT2D eigenvalue weighted by Gasteiger charge is -2.30. The molecule has 1 aromatic rings. The molecule has 0 atom stereocenters. The first-order valence-electron chi connectivity index (χ1n) is 6.71. The third-order valence-corrected chi connectivity index (χ3v) is 3.26. The summed E-state index contributed by atoms with van der Waals surface area (Å²) in [4.78, 5) is 13.4. The molecule has 6 nitrogen and oxygen atoms in total. The molecule has 0 aromatic carbocycles. The topological polar surface area (TPSA) is 67.3 Å². The molecular formula is C13H20N4O2. The van der Waals surface area contributed by atoms with E-state index in [2.05, 4.69) is 27.3 Å². The van der Waals surface area contributed by atoms with Crippen molar-refractivity contribution < 1.29 is 9.53 Å². The average molecular weight is 264 g/mol. The third kappa shape index (κ3) is 3.81. The maximum atomic E-state index is 11.2. The number of carbonyl (C=O) groups is 1. The molecule has 0 unspecified atom stereocenters. The van der Waals surface area contributed by atoms with Crippen molar-refractivity contribution in [2.24, 2.45) is 5.92 Å². The van der Waals surface area contributed by atoms with E-state index < -0.39 is 6.09 Å². The zero-order valence-electron chi connectivity index (χ0n) is 11.4. The van der Waals surface area contributed by atoms with E-state index in [9.17, 15) is 4.79 Å². The van der Waals surface area contributed by atoms with Gasteiger partial charge in [-0.2, -0.15) is 0 Å². The van der Waals surface area contributed by atoms with E-state index in [1.54, 1.807) is 13.0 Å². The van der Waals surface area contributed by atoms with Crippen LogP contribution in [0.1, 0.15) is 26.7 Å². The van der Waals surface area contributed by atoms with Crippen LogP contribution in [0.3, 0.4) is 0 Å². The predicted octanol–water partition coefficient (Wildman–Crippen LogP) is 2.28. The number of piperidine rings is 1. The molecule has 1 saturated heterocycles. The van der Waals surface area contributed by atoms with Gasteiger partial charge in [0.15, 0.2) is 11.6 Å². The number of hydrogen-bond acceptors (Lipinski definition) is 5. The Hall–Kier alpha value is -1.85. The monoisotopic (exact) mass is 264 g/mol. The highest BCUT2D eigenvalue weighted by molar-refractivity contribution is 5.83. The summed E-state index contributed by atoms with van der Waals surface area (Å²) in [6.07, 6.45) is 1.87. The van der Waals surface area contributed by atoms with Crippen LogP contribution in [0.15, 0.2) is 12.1 Å². The molecule has 0 saturated carbocycles. The van der Waals surface area contributed by atoms with Crippen LogP contribution >= 0.6 is 0 Å². The second kappa shape index (κ2) is 6.36. The van der Waals surface area contributed by atoms with Crippen LogP contribution in [0.25, 0.3) is 0 Å². The number of nitrogens with zero attached hydrogens (tertiary/aromatic N) is 3. The Labute approximate surface area is 113 Å². The van der Waals surface area contributed by atoms with Crippen LogP contribution < -0.4 is 10.2 Å². The van der Waals surface area contributed by atoms with Crippen molar-refractivity contribution in [1.29, 1.82) is 0 Å². The molecule has 1 N–H and O–H groups in total. The van der Waals surface area contributed by atoms with Crippen molar-refractivity contribution in [3.05, 3.63) is 12.1 Å². The first kappa shape index (κ1) is 13.6. The highest BCUT2D eigenvalue weighted by Gasteiger charge is 2.17. The van der Waals surface area contributed by atoms with Crippen LogP contribution in [0.4, 0.5) is 16.4 Å². The molecule has 0 bridgehead atoms. The maximum absolute atomic E-state index is 11.2. The zero-order valence-corrected chi connectivity index (χ0v) is 11.4. The summed E-state index contributed by atoms with van der Waals surface area (Å²) in [5.41, 5.74) is 0. The van der Waals surface area contributed by atoms with Crippen molar-refractivity contribution in [1.82, 2.24) is 10.2 Å². The Bertz CT molecular complexity index is 413. The van der Waals surface area contributed by atoms with Crippen LogP contribution in [0, 0.1) is 5.92 Å². The summed E-state index contributed by atoms with van der Waals surface area (Å²) < 4.78 is 4.78. The van der Waals surface area contributed by atoms with E-state index in [1.807, 2.05) is 6.07 Å². The van der Waals surface area contributed by atoms with Gasteiger partial charge < -0.3 is 9.64 Å². The lowest BCUT2D eigenvalue weighted by molar-refractivity contribution is 0.168. The summed E-state index contributed by atoms with van der Waals surface area (Å²) in [6.45, 7) is 6.39. The normalized spacial score (nSPS) is 16.2. The van der Waals surface area contributed by atoms with Gasteiger partial charge in [-0.05, 0) is 37.8 Å². The molecule has 0 spiro atoms. The van der Waals surface area contributed by atoms with Crippen molar-refractivity contribution in [2.75, 3.05) is 29.9 Å². The number of anilines is 2. The summed E-state index contributed by atoms with van der Waals surface area (Å²) in [5, 5.41) is 10.7. The minimum absolute atomic E-state index is 0.337. The number of ether oxygens (including phenoxy) is 1. The largest absolute Gasteiger partial charge is 0.450 e. The van der Waals surface area contributed by atoms with E-state index in [0.717, 1.165) is 24.8 Å². The molecule has 2 heterocycles. The van der Waals surface area contributed by atoms with E-state index in [0.29, 0.717) is 12.4 Å². The Balaban J connectivity index is 1.92. The molecule has 19 heavy (non-hydrogen) atoms. The number of rotatable bonds is 3. The van der Waals surface area contributed by atoms with Gasteiger partial charge in [-0.25, -0.2) is 4.79 Å². The molecular weight excluding hydrogens is 244 g/mol. The summed E-state index contributed by atoms with van der Waals surface area (Å²) >= 11 is 0. The summed E-state index contributed by atoms with van der Waals surface area (Å²) in [5.74, 6) is 2.06. The molecule has 2 rings (SSSR count). The van der Waals surface area contributed by atoms with Gasteiger partial charge >= 0.3 is 6.09 Å². The van der Waals surface area contributed by atoms with Crippen molar-refractivity contribution in [3.8, 4) is 0 Å². The molecule has 1 amide bonds. The molecule has 1 fully saturated rings. The standard InChI is InChI=1S/C13H20N4O2/c1-3-19-13(18)14-11-4-5-12(16-15-11)17-8-6-10(2)7-9-17/h4-5,10H,3,6-9H2,1-2H3,(H,14,15,18). The minimum Gasteiger partial charge on any atom is -0.450 e. The Morgan fingerprint density at radius 3 is 2.74 bits per heavy atom. The highest BCUT2D eigenvalue weighted by atomic mass is 16.5. The van der Waals surface area contributed by atoms with E-state index in [4.69, 9.17) is 4.74 Å². The van der Waals surface area contributed by atoms with E-state index in [1.165, 1.54) is 12.8 Å². The third-order valence-electron chi connectivity index (χ3n) is 3.26. The second-order valence-electron chi connectivity index (χ2n) is 4.79. The fraction of sp³-hybridized carbons (Fsp3) is 0.615. The molecule has 0 aliphatic carbocycles. The van der Waals surface area contributed by atoms with Gasteiger partial charge in [0.25, 0.3) is 0 Å². The predicted molar refractivity (Wildman–Crippen MR) is 73.3 cm³/mol. The lowest BCUT2D eigenvalue weighted by Crippen LogP contribution is -2.33. The Kier molecular flexibility index (Phi) is 4.54. The SMILES string of the molecule is CCOC(=O)Nc1ccc(N2CCC(C)CC2)nn1. The van der Waals surface area contributed by atoms with Gasteiger partial charge in [-0.15, -0.1) is 10.2 Å². The summed E-state index contributed by atoms with van der Waals surface area (Å²) in [7, 11) is 0. The van der Waals surface area contributed by atoms with Gasteiger partial charge in [-0.3, -0.25) is 5.32 Å². The number of aromatic nitrogens is 2. The summed E-state index contributed by atoms with van der Waals surface area (Å²) in [6, 6.07) is 3.63. The quantitative estimate of drug-likeness (QED) is 0.907. The number of carbonyl (C=O) groups excluding carboxylic acids is 1. The maximum Gasteiger partial charge on any atom is 0.412 e. The lowest BCUT2D eigenvalue weighted by atomic mass is 9.99. The van der Waals surface area contributed by atoms with Crippen molar-refractivity contribution >= 4 is 17.7 Å². The molecule has 1 aliphatic heterocycles. The molecule has 1 aliphatic rings. The zero-order chi connectivity index (χ0) is 13.7. The van der Waals surface area contributed by atoms with E-state index >= 15 is 0 Å². The molecule has 1 aromatic heterocycles. The van der Waals surface area contributed by atoms with E-state index in [-0.39, 0.29) is 0 Å². The minimum atomic E-state index is -0.503. The number of nitrogens with one attached hydrogen (secondary N) is 1. The molecule has 104 valence electrons. The smallest absolute Gasteiger partial charge is 0.412 e. The molecule has 0 radical (unpaired) electrons. The van der Waals surface area contributed by atoms with Gasteiger partial charge in [-0.1, -0.05) is 6.92 Å². The van der Waals surface area contributed by atoms with Crippen LogP contribution in [-0.2, 0) is 4.74 Å². The first-order chi connectivity index (χ1) is 9.19. The number of hydrogen-bond donors (Lipinski definition) is 1. The molecule has 6 heteroatoms. The Morgan fingerprint density at radius 2 is 2.16 bits per heavy atom. The fourth-order valence-corrected chi connectivity index (χ4v) is 2.07. The van der Waals surface area contributed by atoms with Crippen molar-refractivity contribution in [2.45, 2.75) is 26.7 Å².